The summed E-state index contributed by atoms with van der Waals surface area (Å²) in [6.45, 7) is 2.30. The van der Waals surface area contributed by atoms with Crippen molar-refractivity contribution in [2.75, 3.05) is 33.7 Å². The summed E-state index contributed by atoms with van der Waals surface area (Å²) in [5, 5.41) is 8.67. The first-order chi connectivity index (χ1) is 9.80. The van der Waals surface area contributed by atoms with Crippen molar-refractivity contribution in [3.8, 4) is 0 Å². The molecule has 1 aliphatic rings. The third-order valence-corrected chi connectivity index (χ3v) is 5.40. The second-order valence-corrected chi connectivity index (χ2v) is 7.38. The Hall–Kier alpha value is -1.51. The van der Waals surface area contributed by atoms with E-state index in [1.807, 2.05) is 7.05 Å². The number of carboxylic acid groups (broad SMARTS) is 1. The second kappa shape index (κ2) is 6.08. The molecular weight excluding hydrogens is 294 g/mol. The number of pyridine rings is 1. The molecule has 0 saturated carbocycles. The Morgan fingerprint density at radius 1 is 1.52 bits per heavy atom. The van der Waals surface area contributed by atoms with E-state index in [-0.39, 0.29) is 10.6 Å². The van der Waals surface area contributed by atoms with Gasteiger partial charge in [0, 0.05) is 26.3 Å². The normalized spacial score (nSPS) is 20.0. The zero-order chi connectivity index (χ0) is 15.6. The number of carbonyl (C=O) groups is 1. The van der Waals surface area contributed by atoms with Gasteiger partial charge >= 0.3 is 5.97 Å². The Labute approximate surface area is 124 Å². The summed E-state index contributed by atoms with van der Waals surface area (Å²) >= 11 is 0. The molecule has 116 valence electrons. The number of sulfonamides is 1. The highest BCUT2D eigenvalue weighted by Gasteiger charge is 2.28. The lowest BCUT2D eigenvalue weighted by molar-refractivity contribution is 0.0696. The van der Waals surface area contributed by atoms with Crippen LogP contribution in [0.3, 0.4) is 0 Å². The van der Waals surface area contributed by atoms with E-state index >= 15 is 0 Å². The van der Waals surface area contributed by atoms with Crippen LogP contribution in [0.5, 0.6) is 0 Å². The number of aromatic carboxylic acids is 1. The summed E-state index contributed by atoms with van der Waals surface area (Å²) in [6.07, 6.45) is 2.04. The van der Waals surface area contributed by atoms with Crippen LogP contribution in [0.15, 0.2) is 23.4 Å². The molecule has 1 saturated heterocycles. The van der Waals surface area contributed by atoms with Gasteiger partial charge in [0.25, 0.3) is 10.0 Å². The second-order valence-electron chi connectivity index (χ2n) is 5.39. The third kappa shape index (κ3) is 3.58. The molecule has 7 nitrogen and oxygen atoms in total. The Bertz CT molecular complexity index is 615. The number of likely N-dealkylation sites (tertiary alicyclic amines) is 1. The first-order valence-electron chi connectivity index (χ1n) is 6.65. The molecule has 0 radical (unpaired) electrons. The van der Waals surface area contributed by atoms with E-state index in [1.54, 1.807) is 0 Å². The van der Waals surface area contributed by atoms with E-state index in [0.717, 1.165) is 25.7 Å². The summed E-state index contributed by atoms with van der Waals surface area (Å²) in [4.78, 5) is 16.7. The molecule has 1 unspecified atom stereocenters. The number of aromatic nitrogens is 1. The number of carboxylic acids is 1. The van der Waals surface area contributed by atoms with E-state index in [9.17, 15) is 13.2 Å². The van der Waals surface area contributed by atoms with E-state index in [2.05, 4.69) is 9.88 Å². The fraction of sp³-hybridized carbons (Fsp3) is 0.538. The van der Waals surface area contributed by atoms with Crippen LogP contribution < -0.4 is 0 Å². The first kappa shape index (κ1) is 15.9. The molecule has 0 aromatic carbocycles. The predicted molar refractivity (Wildman–Crippen MR) is 76.6 cm³/mol. The van der Waals surface area contributed by atoms with E-state index < -0.39 is 16.0 Å². The number of hydrogen-bond donors (Lipinski definition) is 1. The molecule has 1 aliphatic heterocycles. The standard InChI is InChI=1S/C13H19N3O4S/c1-15-6-5-10(8-15)9-16(2)21(19,20)12-4-3-11(7-14-12)13(17)18/h3-4,7,10H,5-6,8-9H2,1-2H3,(H,17,18). The van der Waals surface area contributed by atoms with Gasteiger partial charge < -0.3 is 10.0 Å². The molecule has 1 atom stereocenters. The van der Waals surface area contributed by atoms with Gasteiger partial charge in [-0.2, -0.15) is 4.31 Å². The Balaban J connectivity index is 2.11. The zero-order valence-electron chi connectivity index (χ0n) is 12.1. The van der Waals surface area contributed by atoms with Gasteiger partial charge in [0.1, 0.15) is 0 Å². The molecule has 2 heterocycles. The maximum atomic E-state index is 12.4. The van der Waals surface area contributed by atoms with Crippen molar-refractivity contribution in [2.24, 2.45) is 5.92 Å². The van der Waals surface area contributed by atoms with E-state index in [4.69, 9.17) is 5.11 Å². The fourth-order valence-electron chi connectivity index (χ4n) is 2.46. The summed E-state index contributed by atoms with van der Waals surface area (Å²) in [5.41, 5.74) is -0.0333. The highest BCUT2D eigenvalue weighted by molar-refractivity contribution is 7.89. The summed E-state index contributed by atoms with van der Waals surface area (Å²) < 4.78 is 26.1. The van der Waals surface area contributed by atoms with Gasteiger partial charge in [-0.05, 0) is 38.1 Å². The maximum Gasteiger partial charge on any atom is 0.337 e. The van der Waals surface area contributed by atoms with Gasteiger partial charge in [-0.1, -0.05) is 0 Å². The molecule has 1 fully saturated rings. The van der Waals surface area contributed by atoms with Crippen LogP contribution in [0.2, 0.25) is 0 Å². The van der Waals surface area contributed by atoms with Crippen molar-refractivity contribution >= 4 is 16.0 Å². The molecule has 1 aromatic heterocycles. The Morgan fingerprint density at radius 3 is 2.71 bits per heavy atom. The fourth-order valence-corrected chi connectivity index (χ4v) is 3.61. The highest BCUT2D eigenvalue weighted by Crippen LogP contribution is 2.19. The molecular formula is C13H19N3O4S. The number of hydrogen-bond acceptors (Lipinski definition) is 5. The van der Waals surface area contributed by atoms with Crippen molar-refractivity contribution < 1.29 is 18.3 Å². The predicted octanol–water partition coefficient (Wildman–Crippen LogP) is 0.352. The zero-order valence-corrected chi connectivity index (χ0v) is 12.9. The van der Waals surface area contributed by atoms with Crippen molar-refractivity contribution in [1.82, 2.24) is 14.2 Å². The number of nitrogens with zero attached hydrogens (tertiary/aromatic N) is 3. The minimum Gasteiger partial charge on any atom is -0.478 e. The van der Waals surface area contributed by atoms with Gasteiger partial charge in [-0.25, -0.2) is 18.2 Å². The lowest BCUT2D eigenvalue weighted by Crippen LogP contribution is -2.33. The van der Waals surface area contributed by atoms with Gasteiger partial charge in [-0.15, -0.1) is 0 Å². The van der Waals surface area contributed by atoms with E-state index in [1.165, 1.54) is 23.5 Å². The van der Waals surface area contributed by atoms with Crippen LogP contribution in [-0.4, -0.2) is 67.4 Å². The molecule has 1 aromatic rings. The van der Waals surface area contributed by atoms with Crippen LogP contribution >= 0.6 is 0 Å². The first-order valence-corrected chi connectivity index (χ1v) is 8.09. The Kier molecular flexibility index (Phi) is 4.60. The minimum atomic E-state index is -3.68. The minimum absolute atomic E-state index is 0.0333. The molecule has 0 spiro atoms. The van der Waals surface area contributed by atoms with Crippen LogP contribution in [0.1, 0.15) is 16.8 Å². The van der Waals surface area contributed by atoms with Crippen molar-refractivity contribution in [2.45, 2.75) is 11.4 Å². The van der Waals surface area contributed by atoms with Crippen LogP contribution in [0.4, 0.5) is 0 Å². The lowest BCUT2D eigenvalue weighted by Gasteiger charge is -2.20. The summed E-state index contributed by atoms with van der Waals surface area (Å²) in [7, 11) is -0.133. The van der Waals surface area contributed by atoms with Crippen molar-refractivity contribution in [1.29, 1.82) is 0 Å². The average Bonchev–Trinajstić information content (AvgIpc) is 2.84. The highest BCUT2D eigenvalue weighted by atomic mass is 32.2. The molecule has 21 heavy (non-hydrogen) atoms. The lowest BCUT2D eigenvalue weighted by atomic mass is 10.1. The molecule has 0 aliphatic carbocycles. The molecule has 1 N–H and O–H groups in total. The van der Waals surface area contributed by atoms with Crippen molar-refractivity contribution in [3.05, 3.63) is 23.9 Å². The quantitative estimate of drug-likeness (QED) is 0.843. The van der Waals surface area contributed by atoms with Crippen LogP contribution in [-0.2, 0) is 10.0 Å². The largest absolute Gasteiger partial charge is 0.478 e. The maximum absolute atomic E-state index is 12.4. The summed E-state index contributed by atoms with van der Waals surface area (Å²) in [5.74, 6) is -0.818. The molecule has 8 heteroatoms. The third-order valence-electron chi connectivity index (χ3n) is 3.66. The Morgan fingerprint density at radius 2 is 2.24 bits per heavy atom. The molecule has 2 rings (SSSR count). The van der Waals surface area contributed by atoms with Gasteiger partial charge in [0.2, 0.25) is 0 Å². The molecule has 0 amide bonds. The van der Waals surface area contributed by atoms with Gasteiger partial charge in [0.05, 0.1) is 5.56 Å². The SMILES string of the molecule is CN1CCC(CN(C)S(=O)(=O)c2ccc(C(=O)O)cn2)C1. The summed E-state index contributed by atoms with van der Waals surface area (Å²) in [6, 6.07) is 2.48. The topological polar surface area (TPSA) is 90.8 Å². The van der Waals surface area contributed by atoms with Crippen molar-refractivity contribution in [3.63, 3.8) is 0 Å². The number of rotatable bonds is 5. The molecule has 0 bridgehead atoms. The van der Waals surface area contributed by atoms with E-state index in [0.29, 0.717) is 12.5 Å². The van der Waals surface area contributed by atoms with Gasteiger partial charge in [-0.3, -0.25) is 0 Å². The van der Waals surface area contributed by atoms with Crippen LogP contribution in [0, 0.1) is 5.92 Å². The monoisotopic (exact) mass is 313 g/mol. The average molecular weight is 313 g/mol. The van der Waals surface area contributed by atoms with Crippen LogP contribution in [0.25, 0.3) is 0 Å². The smallest absolute Gasteiger partial charge is 0.337 e. The van der Waals surface area contributed by atoms with Gasteiger partial charge in [0.15, 0.2) is 5.03 Å².